The molecule has 298 valence electrons. The Kier molecular flexibility index (Phi) is 22.5. The number of amides is 6. The number of aliphatic imine (C=N–C) groups is 1. The zero-order chi connectivity index (χ0) is 39.9. The van der Waals surface area contributed by atoms with Gasteiger partial charge in [-0.25, -0.2) is 0 Å². The molecule has 0 saturated heterocycles. The highest BCUT2D eigenvalue weighted by Crippen LogP contribution is 2.12. The molecule has 13 N–H and O–H groups in total. The van der Waals surface area contributed by atoms with Gasteiger partial charge in [-0.2, -0.15) is 11.8 Å². The monoisotopic (exact) mass is 762 g/mol. The maximum absolute atomic E-state index is 13.7. The van der Waals surface area contributed by atoms with Gasteiger partial charge in [-0.05, 0) is 75.5 Å². The van der Waals surface area contributed by atoms with Crippen molar-refractivity contribution >= 4 is 53.2 Å². The topological polar surface area (TPSA) is 279 Å². The lowest BCUT2D eigenvalue weighted by Gasteiger charge is -2.27. The summed E-state index contributed by atoms with van der Waals surface area (Å²) in [6.07, 6.45) is 5.37. The van der Waals surface area contributed by atoms with E-state index in [4.69, 9.17) is 22.9 Å². The minimum atomic E-state index is -1.09. The van der Waals surface area contributed by atoms with E-state index in [1.807, 2.05) is 31.4 Å². The Balaban J connectivity index is 3.10. The number of unbranched alkanes of at least 4 members (excludes halogenated alkanes) is 1. The zero-order valence-corrected chi connectivity index (χ0v) is 32.6. The molecule has 0 aliphatic carbocycles. The van der Waals surface area contributed by atoms with Crippen LogP contribution in [-0.2, 0) is 35.2 Å². The number of hydrogen-bond donors (Lipinski definition) is 9. The minimum absolute atomic E-state index is 0.0278. The number of rotatable bonds is 26. The Labute approximate surface area is 317 Å². The second kappa shape index (κ2) is 25.6. The predicted molar refractivity (Wildman–Crippen MR) is 209 cm³/mol. The summed E-state index contributed by atoms with van der Waals surface area (Å²) in [6, 6.07) is 3.98. The molecular weight excluding hydrogens is 701 g/mol. The second-order valence-electron chi connectivity index (χ2n) is 13.3. The van der Waals surface area contributed by atoms with E-state index in [0.29, 0.717) is 57.4 Å². The maximum Gasteiger partial charge on any atom is 0.243 e. The average molecular weight is 763 g/mol. The van der Waals surface area contributed by atoms with Crippen molar-refractivity contribution in [3.05, 3.63) is 35.9 Å². The van der Waals surface area contributed by atoms with Crippen LogP contribution in [0, 0.1) is 11.8 Å². The van der Waals surface area contributed by atoms with Crippen LogP contribution < -0.4 is 49.5 Å². The van der Waals surface area contributed by atoms with Crippen molar-refractivity contribution in [2.45, 2.75) is 109 Å². The number of carbonyl (C=O) groups is 6. The first-order valence-corrected chi connectivity index (χ1v) is 19.6. The Morgan fingerprint density at radius 2 is 1.30 bits per heavy atom. The van der Waals surface area contributed by atoms with Gasteiger partial charge in [0, 0.05) is 18.9 Å². The number of nitrogens with two attached hydrogens (primary N) is 4. The van der Waals surface area contributed by atoms with Crippen LogP contribution in [-0.4, -0.2) is 96.7 Å². The Bertz CT molecular complexity index is 1350. The lowest BCUT2D eigenvalue weighted by atomic mass is 9.97. The van der Waals surface area contributed by atoms with Gasteiger partial charge < -0.3 is 49.5 Å². The van der Waals surface area contributed by atoms with Crippen LogP contribution in [0.1, 0.15) is 78.2 Å². The molecule has 6 amide bonds. The fourth-order valence-corrected chi connectivity index (χ4v) is 5.78. The number of primary amides is 1. The quantitative estimate of drug-likeness (QED) is 0.0340. The number of benzene rings is 1. The molecule has 0 saturated carbocycles. The smallest absolute Gasteiger partial charge is 0.243 e. The lowest BCUT2D eigenvalue weighted by molar-refractivity contribution is -0.135. The number of carbonyl (C=O) groups excluding carboxylic acids is 6. The second-order valence-corrected chi connectivity index (χ2v) is 14.3. The number of thioether (sulfide) groups is 1. The van der Waals surface area contributed by atoms with Gasteiger partial charge in [-0.1, -0.05) is 57.5 Å². The molecule has 1 aromatic rings. The van der Waals surface area contributed by atoms with Gasteiger partial charge in [0.1, 0.15) is 30.2 Å². The highest BCUT2D eigenvalue weighted by Gasteiger charge is 2.32. The van der Waals surface area contributed by atoms with Gasteiger partial charge in [0.05, 0.1) is 0 Å². The van der Waals surface area contributed by atoms with E-state index in [2.05, 4.69) is 31.6 Å². The normalized spacial score (nSPS) is 14.9. The standard InChI is InChI=1S/C36H62N10O6S/c1-6-22(2)29(30(38)47)46-35(52)28(21-25-14-8-7-9-15-25)45-34(51)27(17-20-53-5)44-32(49)24(4)42-33(50)26(16-10-11-18-37)43-31(48)23(3)13-12-19-41-36(39)40/h7-9,14-15,22-24,26-29H,6,10-13,16-21,37H2,1-5H3,(H2,38,47)(H,42,50)(H,43,48)(H,44,49)(H,45,51)(H,46,52)(H4,39,40,41)/t22-,23-,24-,26-,27-,28-,29-/m0/s1. The summed E-state index contributed by atoms with van der Waals surface area (Å²) in [6.45, 7) is 7.68. The number of hydrogen-bond acceptors (Lipinski definition) is 9. The zero-order valence-electron chi connectivity index (χ0n) is 31.8. The third-order valence-corrected chi connectivity index (χ3v) is 9.49. The third kappa shape index (κ3) is 18.3. The molecule has 0 radical (unpaired) electrons. The molecule has 53 heavy (non-hydrogen) atoms. The minimum Gasteiger partial charge on any atom is -0.370 e. The van der Waals surface area contributed by atoms with Gasteiger partial charge in [0.2, 0.25) is 35.4 Å². The van der Waals surface area contributed by atoms with E-state index in [-0.39, 0.29) is 30.6 Å². The van der Waals surface area contributed by atoms with Crippen LogP contribution >= 0.6 is 11.8 Å². The molecule has 17 heteroatoms. The first-order valence-electron chi connectivity index (χ1n) is 18.2. The molecule has 0 aromatic heterocycles. The van der Waals surface area contributed by atoms with Crippen molar-refractivity contribution in [1.29, 1.82) is 0 Å². The van der Waals surface area contributed by atoms with Gasteiger partial charge in [-0.15, -0.1) is 0 Å². The van der Waals surface area contributed by atoms with E-state index in [1.54, 1.807) is 26.0 Å². The molecule has 0 fully saturated rings. The van der Waals surface area contributed by atoms with Crippen LogP contribution in [0.5, 0.6) is 0 Å². The van der Waals surface area contributed by atoms with Crippen molar-refractivity contribution in [2.24, 2.45) is 39.8 Å². The highest BCUT2D eigenvalue weighted by atomic mass is 32.2. The molecule has 0 unspecified atom stereocenters. The molecule has 0 heterocycles. The average Bonchev–Trinajstić information content (AvgIpc) is 3.12. The molecule has 0 bridgehead atoms. The highest BCUT2D eigenvalue weighted by molar-refractivity contribution is 7.98. The third-order valence-electron chi connectivity index (χ3n) is 8.85. The first kappa shape index (κ1) is 46.6. The van der Waals surface area contributed by atoms with Crippen LogP contribution in [0.3, 0.4) is 0 Å². The SMILES string of the molecule is CC[C@H](C)[C@H](NC(=O)[C@H](Cc1ccccc1)NC(=O)[C@H](CCSC)NC(=O)[C@H](C)NC(=O)[C@H](CCCCN)NC(=O)[C@@H](C)CCCN=C(N)N)C(N)=O. The summed E-state index contributed by atoms with van der Waals surface area (Å²) in [4.78, 5) is 83.2. The van der Waals surface area contributed by atoms with E-state index in [1.165, 1.54) is 18.7 Å². The molecule has 1 rings (SSSR count). The molecule has 7 atom stereocenters. The fourth-order valence-electron chi connectivity index (χ4n) is 5.31. The van der Waals surface area contributed by atoms with Crippen molar-refractivity contribution in [1.82, 2.24) is 26.6 Å². The lowest BCUT2D eigenvalue weighted by Crippen LogP contribution is -2.59. The van der Waals surface area contributed by atoms with Gasteiger partial charge >= 0.3 is 0 Å². The summed E-state index contributed by atoms with van der Waals surface area (Å²) in [5.41, 5.74) is 22.7. The van der Waals surface area contributed by atoms with Crippen molar-refractivity contribution in [2.75, 3.05) is 25.1 Å². The largest absolute Gasteiger partial charge is 0.370 e. The number of guanidine groups is 1. The predicted octanol–water partition coefficient (Wildman–Crippen LogP) is -0.224. The molecule has 0 spiro atoms. The molecular formula is C36H62N10O6S. The van der Waals surface area contributed by atoms with Crippen molar-refractivity contribution in [3.63, 3.8) is 0 Å². The van der Waals surface area contributed by atoms with Crippen molar-refractivity contribution < 1.29 is 28.8 Å². The van der Waals surface area contributed by atoms with Crippen LogP contribution in [0.4, 0.5) is 0 Å². The molecule has 0 aliphatic rings. The van der Waals surface area contributed by atoms with Crippen LogP contribution in [0.25, 0.3) is 0 Å². The van der Waals surface area contributed by atoms with Gasteiger partial charge in [0.15, 0.2) is 5.96 Å². The van der Waals surface area contributed by atoms with E-state index < -0.39 is 65.7 Å². The number of nitrogens with zero attached hydrogens (tertiary/aromatic N) is 1. The fraction of sp³-hybridized carbons (Fsp3) is 0.639. The maximum atomic E-state index is 13.7. The first-order chi connectivity index (χ1) is 25.1. The van der Waals surface area contributed by atoms with Crippen molar-refractivity contribution in [3.8, 4) is 0 Å². The van der Waals surface area contributed by atoms with Crippen LogP contribution in [0.2, 0.25) is 0 Å². The van der Waals surface area contributed by atoms with E-state index in [0.717, 1.165) is 5.56 Å². The van der Waals surface area contributed by atoms with Gasteiger partial charge in [-0.3, -0.25) is 33.8 Å². The molecule has 0 aliphatic heterocycles. The summed E-state index contributed by atoms with van der Waals surface area (Å²) >= 11 is 1.47. The summed E-state index contributed by atoms with van der Waals surface area (Å²) in [7, 11) is 0. The van der Waals surface area contributed by atoms with Gasteiger partial charge in [0.25, 0.3) is 0 Å². The molecule has 16 nitrogen and oxygen atoms in total. The van der Waals surface area contributed by atoms with E-state index in [9.17, 15) is 28.8 Å². The van der Waals surface area contributed by atoms with E-state index >= 15 is 0 Å². The summed E-state index contributed by atoms with van der Waals surface area (Å²) in [5.74, 6) is -3.58. The summed E-state index contributed by atoms with van der Waals surface area (Å²) in [5, 5.41) is 13.7. The Hall–Kier alpha value is -4.38. The number of nitrogens with one attached hydrogen (secondary N) is 5. The summed E-state index contributed by atoms with van der Waals surface area (Å²) < 4.78 is 0. The molecule has 1 aromatic carbocycles. The van der Waals surface area contributed by atoms with Crippen LogP contribution in [0.15, 0.2) is 35.3 Å². The Morgan fingerprint density at radius 3 is 1.89 bits per heavy atom. The Morgan fingerprint density at radius 1 is 0.717 bits per heavy atom.